The van der Waals surface area contributed by atoms with E-state index < -0.39 is 5.97 Å². The van der Waals surface area contributed by atoms with Crippen LogP contribution in [-0.4, -0.2) is 24.2 Å². The van der Waals surface area contributed by atoms with Gasteiger partial charge in [0.2, 0.25) is 0 Å². The molecule has 0 atom stereocenters. The van der Waals surface area contributed by atoms with E-state index in [1.807, 2.05) is 19.1 Å². The van der Waals surface area contributed by atoms with E-state index >= 15 is 0 Å². The third-order valence-corrected chi connectivity index (χ3v) is 2.99. The second-order valence-corrected chi connectivity index (χ2v) is 5.31. The first-order valence-corrected chi connectivity index (χ1v) is 6.52. The number of carboxylic acids is 1. The summed E-state index contributed by atoms with van der Waals surface area (Å²) in [6.45, 7) is 7.96. The van der Waals surface area contributed by atoms with E-state index in [2.05, 4.69) is 34.7 Å². The normalized spacial score (nSPS) is 10.6. The molecule has 0 saturated carbocycles. The highest BCUT2D eigenvalue weighted by Crippen LogP contribution is 2.25. The average Bonchev–Trinajstić information content (AvgIpc) is 2.25. The van der Waals surface area contributed by atoms with E-state index in [-0.39, 0.29) is 0 Å². The van der Waals surface area contributed by atoms with Crippen LogP contribution in [0.2, 0.25) is 0 Å². The maximum absolute atomic E-state index is 11.2. The molecule has 1 aromatic carbocycles. The predicted molar refractivity (Wildman–Crippen MR) is 73.8 cm³/mol. The fourth-order valence-electron chi connectivity index (χ4n) is 1.79. The minimum atomic E-state index is -0.886. The molecule has 1 aromatic rings. The first kappa shape index (κ1) is 14.0. The lowest BCUT2D eigenvalue weighted by molar-refractivity contribution is 0.0697. The SMILES string of the molecule is CCN(CC(C)C)c1ccc(Br)cc1C(=O)O. The molecular formula is C13H18BrNO2. The van der Waals surface area contributed by atoms with E-state index in [1.165, 1.54) is 0 Å². The van der Waals surface area contributed by atoms with Gasteiger partial charge in [-0.2, -0.15) is 0 Å². The number of carbonyl (C=O) groups is 1. The maximum atomic E-state index is 11.2. The van der Waals surface area contributed by atoms with Crippen molar-refractivity contribution in [3.05, 3.63) is 28.2 Å². The molecule has 0 radical (unpaired) electrons. The van der Waals surface area contributed by atoms with Gasteiger partial charge >= 0.3 is 5.97 Å². The first-order chi connectivity index (χ1) is 7.95. The van der Waals surface area contributed by atoms with Crippen molar-refractivity contribution in [3.63, 3.8) is 0 Å². The van der Waals surface area contributed by atoms with Crippen molar-refractivity contribution in [3.8, 4) is 0 Å². The molecule has 1 rings (SSSR count). The second-order valence-electron chi connectivity index (χ2n) is 4.40. The Labute approximate surface area is 111 Å². The largest absolute Gasteiger partial charge is 0.478 e. The highest BCUT2D eigenvalue weighted by molar-refractivity contribution is 9.10. The molecule has 3 nitrogen and oxygen atoms in total. The molecule has 0 bridgehead atoms. The number of hydrogen-bond donors (Lipinski definition) is 1. The van der Waals surface area contributed by atoms with Gasteiger partial charge in [0.25, 0.3) is 0 Å². The highest BCUT2D eigenvalue weighted by atomic mass is 79.9. The number of nitrogens with zero attached hydrogens (tertiary/aromatic N) is 1. The quantitative estimate of drug-likeness (QED) is 0.902. The number of hydrogen-bond acceptors (Lipinski definition) is 2. The van der Waals surface area contributed by atoms with E-state index in [4.69, 9.17) is 0 Å². The van der Waals surface area contributed by atoms with Crippen molar-refractivity contribution in [2.45, 2.75) is 20.8 Å². The van der Waals surface area contributed by atoms with Crippen molar-refractivity contribution < 1.29 is 9.90 Å². The molecule has 0 aliphatic carbocycles. The van der Waals surface area contributed by atoms with E-state index in [1.54, 1.807) is 6.07 Å². The summed E-state index contributed by atoms with van der Waals surface area (Å²) in [6, 6.07) is 5.39. The minimum absolute atomic E-state index is 0.349. The van der Waals surface area contributed by atoms with Gasteiger partial charge in [-0.15, -0.1) is 0 Å². The molecule has 4 heteroatoms. The van der Waals surface area contributed by atoms with Crippen LogP contribution in [0.3, 0.4) is 0 Å². The molecule has 0 fully saturated rings. The Morgan fingerprint density at radius 1 is 1.47 bits per heavy atom. The zero-order valence-electron chi connectivity index (χ0n) is 10.4. The third kappa shape index (κ3) is 3.73. The molecule has 0 aliphatic rings. The standard InChI is InChI=1S/C13H18BrNO2/c1-4-15(8-9(2)3)12-6-5-10(14)7-11(12)13(16)17/h5-7,9H,4,8H2,1-3H3,(H,16,17). The van der Waals surface area contributed by atoms with Gasteiger partial charge in [-0.05, 0) is 31.0 Å². The topological polar surface area (TPSA) is 40.5 Å². The summed E-state index contributed by atoms with van der Waals surface area (Å²) in [4.78, 5) is 13.3. The Morgan fingerprint density at radius 3 is 2.59 bits per heavy atom. The minimum Gasteiger partial charge on any atom is -0.478 e. The number of halogens is 1. The summed E-state index contributed by atoms with van der Waals surface area (Å²) in [5, 5.41) is 9.22. The molecule has 0 spiro atoms. The highest BCUT2D eigenvalue weighted by Gasteiger charge is 2.16. The molecule has 0 unspecified atom stereocenters. The Bertz CT molecular complexity index is 404. The predicted octanol–water partition coefficient (Wildman–Crippen LogP) is 3.63. The summed E-state index contributed by atoms with van der Waals surface area (Å²) in [6.07, 6.45) is 0. The van der Waals surface area contributed by atoms with Crippen molar-refractivity contribution in [2.75, 3.05) is 18.0 Å². The van der Waals surface area contributed by atoms with Crippen LogP contribution in [0.15, 0.2) is 22.7 Å². The molecule has 0 heterocycles. The number of aromatic carboxylic acids is 1. The van der Waals surface area contributed by atoms with Gasteiger partial charge in [0.1, 0.15) is 0 Å². The molecule has 0 aliphatic heterocycles. The average molecular weight is 300 g/mol. The van der Waals surface area contributed by atoms with E-state index in [0.717, 1.165) is 23.2 Å². The first-order valence-electron chi connectivity index (χ1n) is 5.73. The van der Waals surface area contributed by atoms with Crippen molar-refractivity contribution in [1.82, 2.24) is 0 Å². The monoisotopic (exact) mass is 299 g/mol. The van der Waals surface area contributed by atoms with Crippen LogP contribution in [0.4, 0.5) is 5.69 Å². The van der Waals surface area contributed by atoms with Crippen molar-refractivity contribution >= 4 is 27.6 Å². The van der Waals surface area contributed by atoms with Crippen molar-refractivity contribution in [2.24, 2.45) is 5.92 Å². The van der Waals surface area contributed by atoms with Gasteiger partial charge in [0.15, 0.2) is 0 Å². The van der Waals surface area contributed by atoms with Gasteiger partial charge in [-0.3, -0.25) is 0 Å². The van der Waals surface area contributed by atoms with E-state index in [9.17, 15) is 9.90 Å². The summed E-state index contributed by atoms with van der Waals surface area (Å²) in [5.41, 5.74) is 1.14. The van der Waals surface area contributed by atoms with Crippen LogP contribution in [-0.2, 0) is 0 Å². The second kappa shape index (κ2) is 6.05. The number of anilines is 1. The molecular weight excluding hydrogens is 282 g/mol. The molecule has 0 saturated heterocycles. The summed E-state index contributed by atoms with van der Waals surface area (Å²) in [7, 11) is 0. The lowest BCUT2D eigenvalue weighted by Crippen LogP contribution is -2.28. The van der Waals surface area contributed by atoms with Crippen LogP contribution in [0.5, 0.6) is 0 Å². The van der Waals surface area contributed by atoms with Crippen molar-refractivity contribution in [1.29, 1.82) is 0 Å². The maximum Gasteiger partial charge on any atom is 0.337 e. The van der Waals surface area contributed by atoms with Crippen LogP contribution in [0.25, 0.3) is 0 Å². The fraction of sp³-hybridized carbons (Fsp3) is 0.462. The lowest BCUT2D eigenvalue weighted by Gasteiger charge is -2.26. The zero-order chi connectivity index (χ0) is 13.0. The van der Waals surface area contributed by atoms with Gasteiger partial charge in [0, 0.05) is 17.6 Å². The lowest BCUT2D eigenvalue weighted by atomic mass is 10.1. The van der Waals surface area contributed by atoms with E-state index in [0.29, 0.717) is 11.5 Å². The summed E-state index contributed by atoms with van der Waals surface area (Å²) in [5.74, 6) is -0.385. The Hall–Kier alpha value is -1.03. The number of carboxylic acid groups (broad SMARTS) is 1. The fourth-order valence-corrected chi connectivity index (χ4v) is 2.15. The van der Waals surface area contributed by atoms with Gasteiger partial charge in [0.05, 0.1) is 11.3 Å². The van der Waals surface area contributed by atoms with Gasteiger partial charge in [-0.25, -0.2) is 4.79 Å². The summed E-state index contributed by atoms with van der Waals surface area (Å²) < 4.78 is 0.791. The summed E-state index contributed by atoms with van der Waals surface area (Å²) >= 11 is 3.30. The molecule has 0 amide bonds. The number of rotatable bonds is 5. The number of benzene rings is 1. The molecule has 94 valence electrons. The molecule has 1 N–H and O–H groups in total. The van der Waals surface area contributed by atoms with Crippen LogP contribution in [0, 0.1) is 5.92 Å². The van der Waals surface area contributed by atoms with Gasteiger partial charge in [-0.1, -0.05) is 29.8 Å². The zero-order valence-corrected chi connectivity index (χ0v) is 12.0. The Balaban J connectivity index is 3.14. The van der Waals surface area contributed by atoms with Crippen LogP contribution >= 0.6 is 15.9 Å². The smallest absolute Gasteiger partial charge is 0.337 e. The Kier molecular flexibility index (Phi) is 5.00. The molecule has 0 aromatic heterocycles. The van der Waals surface area contributed by atoms with Crippen LogP contribution in [0.1, 0.15) is 31.1 Å². The van der Waals surface area contributed by atoms with Crippen LogP contribution < -0.4 is 4.90 Å². The molecule has 17 heavy (non-hydrogen) atoms. The third-order valence-electron chi connectivity index (χ3n) is 2.50. The Morgan fingerprint density at radius 2 is 2.12 bits per heavy atom. The van der Waals surface area contributed by atoms with Gasteiger partial charge < -0.3 is 10.0 Å².